The molecule has 1 atom stereocenters. The van der Waals surface area contributed by atoms with Gasteiger partial charge in [-0.15, -0.1) is 11.3 Å². The van der Waals surface area contributed by atoms with Crippen LogP contribution < -0.4 is 26.0 Å². The number of nitrogens with one attached hydrogen (secondary N) is 4. The number of aryl methyl sites for hydroxylation is 2. The molecule has 35 heavy (non-hydrogen) atoms. The first-order valence-corrected chi connectivity index (χ1v) is 13.5. The fourth-order valence-electron chi connectivity index (χ4n) is 4.37. The van der Waals surface area contributed by atoms with Crippen molar-refractivity contribution in [3.05, 3.63) is 33.8 Å². The molecule has 0 saturated heterocycles. The van der Waals surface area contributed by atoms with Crippen molar-refractivity contribution in [3.8, 4) is 5.88 Å². The van der Waals surface area contributed by atoms with Gasteiger partial charge in [0.15, 0.2) is 5.11 Å². The zero-order valence-corrected chi connectivity index (χ0v) is 21.7. The minimum atomic E-state index is -0.0817. The Hall–Kier alpha value is -2.72. The van der Waals surface area contributed by atoms with Gasteiger partial charge in [-0.2, -0.15) is 0 Å². The second-order valence-electron chi connectivity index (χ2n) is 9.65. The average Bonchev–Trinajstić information content (AvgIpc) is 3.75. The Bertz CT molecular complexity index is 1160. The summed E-state index contributed by atoms with van der Waals surface area (Å²) in [6, 6.07) is 3.77. The molecule has 186 valence electrons. The van der Waals surface area contributed by atoms with Crippen molar-refractivity contribution in [3.63, 3.8) is 0 Å². The summed E-state index contributed by atoms with van der Waals surface area (Å²) in [6.07, 6.45) is 6.62. The monoisotopic (exact) mass is 513 g/mol. The first-order valence-electron chi connectivity index (χ1n) is 12.2. The van der Waals surface area contributed by atoms with Gasteiger partial charge < -0.3 is 26.0 Å². The summed E-state index contributed by atoms with van der Waals surface area (Å²) in [7, 11) is 1.59. The highest BCUT2D eigenvalue weighted by molar-refractivity contribution is 7.80. The molecule has 4 N–H and O–H groups in total. The molecule has 0 unspecified atom stereocenters. The third kappa shape index (κ3) is 5.75. The molecule has 3 aliphatic rings. The summed E-state index contributed by atoms with van der Waals surface area (Å²) >= 11 is 7.13. The molecule has 0 bridgehead atoms. The number of thiocarbonyl (C=S) groups is 1. The van der Waals surface area contributed by atoms with Crippen LogP contribution in [0.5, 0.6) is 5.88 Å². The Kier molecular flexibility index (Phi) is 6.93. The van der Waals surface area contributed by atoms with Crippen LogP contribution >= 0.6 is 23.6 Å². The van der Waals surface area contributed by atoms with Crippen molar-refractivity contribution in [1.29, 1.82) is 0 Å². The van der Waals surface area contributed by atoms with Gasteiger partial charge in [0.05, 0.1) is 24.1 Å². The highest BCUT2D eigenvalue weighted by Gasteiger charge is 2.34. The van der Waals surface area contributed by atoms with E-state index in [1.54, 1.807) is 24.5 Å². The van der Waals surface area contributed by atoms with Gasteiger partial charge in [-0.05, 0) is 81.6 Å². The summed E-state index contributed by atoms with van der Waals surface area (Å²) in [4.78, 5) is 31.3. The van der Waals surface area contributed by atoms with Crippen molar-refractivity contribution < 1.29 is 14.3 Å². The highest BCUT2D eigenvalue weighted by Crippen LogP contribution is 2.40. The Morgan fingerprint density at radius 3 is 2.66 bits per heavy atom. The first-order chi connectivity index (χ1) is 16.9. The summed E-state index contributed by atoms with van der Waals surface area (Å²) in [6.45, 7) is 2.60. The third-order valence-corrected chi connectivity index (χ3v) is 8.20. The quantitative estimate of drug-likeness (QED) is 0.398. The van der Waals surface area contributed by atoms with E-state index in [9.17, 15) is 9.59 Å². The lowest BCUT2D eigenvalue weighted by Crippen LogP contribution is -2.41. The molecule has 2 amide bonds. The van der Waals surface area contributed by atoms with Crippen LogP contribution in [0.4, 0.5) is 10.7 Å². The van der Waals surface area contributed by atoms with E-state index < -0.39 is 0 Å². The topological polar surface area (TPSA) is 104 Å². The molecular formula is C25H31N5O3S2. The predicted molar refractivity (Wildman–Crippen MR) is 141 cm³/mol. The van der Waals surface area contributed by atoms with E-state index in [-0.39, 0.29) is 23.8 Å². The van der Waals surface area contributed by atoms with Crippen molar-refractivity contribution in [1.82, 2.24) is 15.6 Å². The van der Waals surface area contributed by atoms with E-state index in [0.29, 0.717) is 40.4 Å². The molecule has 5 rings (SSSR count). The van der Waals surface area contributed by atoms with E-state index in [1.807, 2.05) is 13.0 Å². The van der Waals surface area contributed by atoms with Gasteiger partial charge in [-0.25, -0.2) is 4.98 Å². The van der Waals surface area contributed by atoms with Gasteiger partial charge in [0.1, 0.15) is 5.00 Å². The third-order valence-electron chi connectivity index (χ3n) is 6.77. The highest BCUT2D eigenvalue weighted by atomic mass is 32.1. The number of thiophene rings is 1. The van der Waals surface area contributed by atoms with Gasteiger partial charge in [0.25, 0.3) is 5.91 Å². The lowest BCUT2D eigenvalue weighted by Gasteiger charge is -2.25. The molecule has 8 nitrogen and oxygen atoms in total. The maximum atomic E-state index is 13.2. The fourth-order valence-corrected chi connectivity index (χ4v) is 5.89. The number of fused-ring (bicyclic) bond motifs is 1. The van der Waals surface area contributed by atoms with Gasteiger partial charge in [0.2, 0.25) is 11.8 Å². The maximum absolute atomic E-state index is 13.2. The summed E-state index contributed by atoms with van der Waals surface area (Å²) < 4.78 is 5.17. The molecule has 0 spiro atoms. The molecule has 0 aliphatic heterocycles. The number of rotatable bonds is 8. The largest absolute Gasteiger partial charge is 0.481 e. The van der Waals surface area contributed by atoms with Crippen LogP contribution in [-0.2, 0) is 17.6 Å². The molecule has 2 saturated carbocycles. The molecule has 3 aliphatic carbocycles. The number of carbonyl (C=O) groups excluding carboxylic acids is 2. The van der Waals surface area contributed by atoms with Crippen molar-refractivity contribution in [2.75, 3.05) is 24.3 Å². The minimum Gasteiger partial charge on any atom is -0.481 e. The zero-order chi connectivity index (χ0) is 24.5. The van der Waals surface area contributed by atoms with Gasteiger partial charge in [-0.1, -0.05) is 0 Å². The fraction of sp³-hybridized carbons (Fsp3) is 0.520. The van der Waals surface area contributed by atoms with Crippen LogP contribution in [0.3, 0.4) is 0 Å². The number of pyridine rings is 1. The van der Waals surface area contributed by atoms with Crippen LogP contribution in [0.1, 0.15) is 58.6 Å². The number of nitrogens with zero attached hydrogens (tertiary/aromatic N) is 1. The Balaban J connectivity index is 1.29. The van der Waals surface area contributed by atoms with Crippen LogP contribution in [0.25, 0.3) is 0 Å². The Labute approximate surface area is 214 Å². The molecule has 2 aromatic heterocycles. The van der Waals surface area contributed by atoms with Crippen LogP contribution in [0.2, 0.25) is 0 Å². The minimum absolute atomic E-state index is 0.0309. The molecular weight excluding hydrogens is 482 g/mol. The summed E-state index contributed by atoms with van der Waals surface area (Å²) in [5.41, 5.74) is 3.28. The first kappa shape index (κ1) is 24.0. The molecule has 0 radical (unpaired) electrons. The molecule has 2 fully saturated rings. The Morgan fingerprint density at radius 1 is 1.17 bits per heavy atom. The van der Waals surface area contributed by atoms with Gasteiger partial charge >= 0.3 is 0 Å². The lowest BCUT2D eigenvalue weighted by atomic mass is 9.91. The predicted octanol–water partition coefficient (Wildman–Crippen LogP) is 3.79. The number of hydrogen-bond acceptors (Lipinski definition) is 6. The van der Waals surface area contributed by atoms with E-state index in [4.69, 9.17) is 17.0 Å². The zero-order valence-electron chi connectivity index (χ0n) is 20.0. The molecule has 2 aromatic rings. The molecule has 2 heterocycles. The number of ether oxygens (including phenoxy) is 1. The second-order valence-corrected chi connectivity index (χ2v) is 11.2. The number of anilines is 2. The standard InChI is InChI=1S/C25H31N5O3S2/c1-13-18(8-10-20(27-13)33-2)29-25(34)28-16-7-9-19-17(11-16)21(23(32)26-12-14-3-4-14)24(35-19)30-22(31)15-5-6-15/h8,10,14-16H,3-7,9,11-12H2,1-2H3,(H,26,32)(H,30,31)(H2,28,29,34)/t16-/m0/s1. The van der Waals surface area contributed by atoms with Gasteiger partial charge in [-0.3, -0.25) is 9.59 Å². The van der Waals surface area contributed by atoms with Crippen molar-refractivity contribution in [2.45, 2.75) is 57.9 Å². The average molecular weight is 514 g/mol. The number of carbonyl (C=O) groups is 2. The van der Waals surface area contributed by atoms with Crippen molar-refractivity contribution in [2.24, 2.45) is 11.8 Å². The van der Waals surface area contributed by atoms with E-state index in [0.717, 1.165) is 42.6 Å². The lowest BCUT2D eigenvalue weighted by molar-refractivity contribution is -0.117. The Morgan fingerprint density at radius 2 is 1.97 bits per heavy atom. The maximum Gasteiger partial charge on any atom is 0.254 e. The number of methoxy groups -OCH3 is 1. The van der Waals surface area contributed by atoms with E-state index in [1.165, 1.54) is 17.7 Å². The van der Waals surface area contributed by atoms with E-state index >= 15 is 0 Å². The van der Waals surface area contributed by atoms with Crippen LogP contribution in [0.15, 0.2) is 12.1 Å². The van der Waals surface area contributed by atoms with Gasteiger partial charge in [0, 0.05) is 29.4 Å². The number of hydrogen-bond donors (Lipinski definition) is 4. The number of aromatic nitrogens is 1. The normalized spacial score (nSPS) is 18.9. The van der Waals surface area contributed by atoms with Crippen LogP contribution in [0, 0.1) is 18.8 Å². The van der Waals surface area contributed by atoms with E-state index in [2.05, 4.69) is 26.3 Å². The molecule has 0 aromatic carbocycles. The summed E-state index contributed by atoms with van der Waals surface area (Å²) in [5.74, 6) is 1.18. The summed E-state index contributed by atoms with van der Waals surface area (Å²) in [5, 5.41) is 14.0. The molecule has 10 heteroatoms. The van der Waals surface area contributed by atoms with Crippen molar-refractivity contribution >= 4 is 51.2 Å². The van der Waals surface area contributed by atoms with Crippen LogP contribution in [-0.4, -0.2) is 41.6 Å². The second kappa shape index (κ2) is 10.1. The SMILES string of the molecule is COc1ccc(NC(=S)N[C@H]2CCc3sc(NC(=O)C4CC4)c(C(=O)NCC4CC4)c3C2)c(C)n1. The smallest absolute Gasteiger partial charge is 0.254 e. The number of amides is 2.